The number of nitrogens with zero attached hydrogens (tertiary/aromatic N) is 1. The van der Waals surface area contributed by atoms with Crippen LogP contribution in [0.25, 0.3) is 0 Å². The minimum atomic E-state index is -1.42. The van der Waals surface area contributed by atoms with Gasteiger partial charge in [0.15, 0.2) is 6.21 Å². The van der Waals surface area contributed by atoms with Crippen molar-refractivity contribution in [2.75, 3.05) is 6.54 Å². The van der Waals surface area contributed by atoms with Crippen LogP contribution in [0.15, 0.2) is 23.4 Å². The van der Waals surface area contributed by atoms with Crippen molar-refractivity contribution < 1.29 is 34.3 Å². The van der Waals surface area contributed by atoms with Gasteiger partial charge >= 0.3 is 17.9 Å². The molecule has 0 spiro atoms. The predicted molar refractivity (Wildman–Crippen MR) is 79.4 cm³/mol. The van der Waals surface area contributed by atoms with Crippen LogP contribution in [0.3, 0.4) is 0 Å². The molecule has 4 N–H and O–H groups in total. The normalized spacial score (nSPS) is 30.8. The van der Waals surface area contributed by atoms with Gasteiger partial charge in [0.2, 0.25) is 6.04 Å². The number of carboxylic acid groups (broad SMARTS) is 3. The largest absolute Gasteiger partial charge is 0.480 e. The van der Waals surface area contributed by atoms with Crippen LogP contribution in [0.4, 0.5) is 0 Å². The predicted octanol–water partition coefficient (Wildman–Crippen LogP) is 0.0482. The van der Waals surface area contributed by atoms with Crippen LogP contribution < -0.4 is 5.32 Å². The van der Waals surface area contributed by atoms with Crippen LogP contribution in [0.1, 0.15) is 26.2 Å². The van der Waals surface area contributed by atoms with E-state index in [0.29, 0.717) is 18.5 Å². The lowest BCUT2D eigenvalue weighted by Crippen LogP contribution is -2.52. The van der Waals surface area contributed by atoms with Crippen LogP contribution in [-0.2, 0) is 14.4 Å². The van der Waals surface area contributed by atoms with Crippen molar-refractivity contribution in [3.05, 3.63) is 23.4 Å². The van der Waals surface area contributed by atoms with Gasteiger partial charge in [-0.1, -0.05) is 0 Å². The number of hydrogen-bond acceptors (Lipinski definition) is 4. The molecule has 23 heavy (non-hydrogen) atoms. The third-order valence-electron chi connectivity index (χ3n) is 4.06. The van der Waals surface area contributed by atoms with Crippen molar-refractivity contribution in [3.63, 3.8) is 0 Å². The van der Waals surface area contributed by atoms with Crippen LogP contribution in [0.5, 0.6) is 0 Å². The second-order valence-corrected chi connectivity index (χ2v) is 5.93. The highest BCUT2D eigenvalue weighted by Gasteiger charge is 2.39. The molecule has 0 saturated carbocycles. The third-order valence-corrected chi connectivity index (χ3v) is 4.06. The summed E-state index contributed by atoms with van der Waals surface area (Å²) in [6.45, 7) is 2.01. The van der Waals surface area contributed by atoms with Crippen LogP contribution in [0, 0.1) is 0 Å². The first kappa shape index (κ1) is 16.7. The summed E-state index contributed by atoms with van der Waals surface area (Å²) in [4.78, 5) is 33.7. The second-order valence-electron chi connectivity index (χ2n) is 5.93. The van der Waals surface area contributed by atoms with E-state index in [1.807, 2.05) is 0 Å². The topological polar surface area (TPSA) is 127 Å². The summed E-state index contributed by atoms with van der Waals surface area (Å²) in [5.41, 5.74) is -1.10. The molecule has 2 aliphatic heterocycles. The van der Waals surface area contributed by atoms with Gasteiger partial charge in [0.1, 0.15) is 17.8 Å². The van der Waals surface area contributed by atoms with Gasteiger partial charge in [-0.25, -0.2) is 19.0 Å². The molecular weight excluding hydrogens is 304 g/mol. The highest BCUT2D eigenvalue weighted by atomic mass is 16.4. The van der Waals surface area contributed by atoms with Crippen LogP contribution in [-0.4, -0.2) is 62.1 Å². The number of hydrogen-bond donors (Lipinski definition) is 4. The van der Waals surface area contributed by atoms with E-state index >= 15 is 0 Å². The molecule has 2 heterocycles. The summed E-state index contributed by atoms with van der Waals surface area (Å²) in [6, 6.07) is -0.595. The Bertz CT molecular complexity index is 648. The third kappa shape index (κ3) is 3.58. The molecule has 124 valence electrons. The maximum atomic E-state index is 11.4. The molecule has 2 rings (SSSR count). The molecule has 8 nitrogen and oxygen atoms in total. The highest BCUT2D eigenvalue weighted by molar-refractivity contribution is 5.91. The van der Waals surface area contributed by atoms with Gasteiger partial charge in [0, 0.05) is 25.3 Å². The van der Waals surface area contributed by atoms with Crippen molar-refractivity contribution in [3.8, 4) is 0 Å². The fraction of sp³-hybridized carbons (Fsp3) is 0.467. The second kappa shape index (κ2) is 6.23. The molecule has 0 aliphatic carbocycles. The fourth-order valence-electron chi connectivity index (χ4n) is 2.80. The molecule has 0 bridgehead atoms. The van der Waals surface area contributed by atoms with Crippen molar-refractivity contribution in [1.29, 1.82) is 0 Å². The smallest absolute Gasteiger partial charge is 0.372 e. The Labute approximate surface area is 132 Å². The van der Waals surface area contributed by atoms with Crippen molar-refractivity contribution >= 4 is 24.1 Å². The van der Waals surface area contributed by atoms with Gasteiger partial charge in [-0.05, 0) is 18.6 Å². The fourth-order valence-corrected chi connectivity index (χ4v) is 2.80. The Kier molecular flexibility index (Phi) is 4.53. The molecular formula is C15H19N2O6+. The zero-order valence-corrected chi connectivity index (χ0v) is 12.7. The van der Waals surface area contributed by atoms with Gasteiger partial charge in [-0.3, -0.25) is 0 Å². The van der Waals surface area contributed by atoms with Gasteiger partial charge < -0.3 is 20.6 Å². The Morgan fingerprint density at radius 2 is 2.04 bits per heavy atom. The lowest BCUT2D eigenvalue weighted by molar-refractivity contribution is -0.527. The van der Waals surface area contributed by atoms with Crippen molar-refractivity contribution in [2.45, 2.75) is 37.8 Å². The molecule has 0 aromatic carbocycles. The minimum Gasteiger partial charge on any atom is -0.480 e. The maximum absolute atomic E-state index is 11.4. The molecule has 1 fully saturated rings. The molecule has 0 radical (unpaired) electrons. The molecule has 0 amide bonds. The minimum absolute atomic E-state index is 0.0984. The first-order valence-corrected chi connectivity index (χ1v) is 7.22. The summed E-state index contributed by atoms with van der Waals surface area (Å²) in [5, 5.41) is 30.1. The quantitative estimate of drug-likeness (QED) is 0.538. The number of allylic oxidation sites excluding steroid dienone is 2. The molecule has 2 atom stereocenters. The number of carbonyl (C=O) groups is 3. The van der Waals surface area contributed by atoms with E-state index < -0.39 is 29.5 Å². The van der Waals surface area contributed by atoms with Crippen molar-refractivity contribution in [1.82, 2.24) is 5.32 Å². The Morgan fingerprint density at radius 3 is 2.61 bits per heavy atom. The molecule has 0 unspecified atom stereocenters. The van der Waals surface area contributed by atoms with Gasteiger partial charge in [0.25, 0.3) is 0 Å². The average Bonchev–Trinajstić information content (AvgIpc) is 2.93. The molecule has 0 aromatic rings. The van der Waals surface area contributed by atoms with E-state index in [4.69, 9.17) is 10.2 Å². The molecule has 8 heteroatoms. The van der Waals surface area contributed by atoms with E-state index in [1.165, 1.54) is 13.0 Å². The summed E-state index contributed by atoms with van der Waals surface area (Å²) in [6.07, 6.45) is 5.98. The lowest BCUT2D eigenvalue weighted by atomic mass is 9.88. The summed E-state index contributed by atoms with van der Waals surface area (Å²) in [7, 11) is 0. The molecule has 0 aromatic heterocycles. The number of rotatable bonds is 4. The SMILES string of the molecule is C[C@@]1(C(=O)O)CC(=CC=[N+]2CCC[C@H]2C(=O)O)C=C(C(=O)O)N1. The van der Waals surface area contributed by atoms with E-state index in [1.54, 1.807) is 16.9 Å². The highest BCUT2D eigenvalue weighted by Crippen LogP contribution is 2.25. The maximum Gasteiger partial charge on any atom is 0.372 e. The van der Waals surface area contributed by atoms with E-state index in [0.717, 1.165) is 6.42 Å². The summed E-state index contributed by atoms with van der Waals surface area (Å²) in [5.74, 6) is -3.30. The number of carboxylic acids is 3. The molecule has 1 saturated heterocycles. The summed E-state index contributed by atoms with van der Waals surface area (Å²) >= 11 is 0. The Hall–Kier alpha value is -2.64. The molecule has 2 aliphatic rings. The monoisotopic (exact) mass is 323 g/mol. The average molecular weight is 323 g/mol. The first-order valence-electron chi connectivity index (χ1n) is 7.22. The Balaban J connectivity index is 2.33. The van der Waals surface area contributed by atoms with E-state index in [9.17, 15) is 19.5 Å². The van der Waals surface area contributed by atoms with Crippen LogP contribution in [0.2, 0.25) is 0 Å². The van der Waals surface area contributed by atoms with Crippen molar-refractivity contribution in [2.24, 2.45) is 0 Å². The van der Waals surface area contributed by atoms with E-state index in [-0.39, 0.29) is 12.1 Å². The zero-order chi connectivity index (χ0) is 17.2. The van der Waals surface area contributed by atoms with Gasteiger partial charge in [0.05, 0.1) is 0 Å². The van der Waals surface area contributed by atoms with E-state index in [2.05, 4.69) is 5.32 Å². The van der Waals surface area contributed by atoms with Crippen LogP contribution >= 0.6 is 0 Å². The number of nitrogens with one attached hydrogen (secondary N) is 1. The standard InChI is InChI=1S/C15H18N2O6/c1-15(14(22)23)8-9(7-10(16-15)12(18)19)4-6-17-5-2-3-11(17)13(20)21/h4,6-7,11H,2-3,5,8H2,1H3,(H3,18,19,20,21,22,23)/p+1/t11-,15-/m0/s1. The first-order chi connectivity index (χ1) is 10.7. The Morgan fingerprint density at radius 1 is 1.35 bits per heavy atom. The summed E-state index contributed by atoms with van der Waals surface area (Å²) < 4.78 is 1.67. The van der Waals surface area contributed by atoms with Gasteiger partial charge in [-0.15, -0.1) is 0 Å². The lowest BCUT2D eigenvalue weighted by Gasteiger charge is -2.31. The zero-order valence-electron chi connectivity index (χ0n) is 12.7. The number of aliphatic carboxylic acids is 3. The van der Waals surface area contributed by atoms with Gasteiger partial charge in [-0.2, -0.15) is 0 Å².